The first-order valence-corrected chi connectivity index (χ1v) is 6.70. The molecule has 0 unspecified atom stereocenters. The molecule has 0 aliphatic carbocycles. The van der Waals surface area contributed by atoms with E-state index < -0.39 is 0 Å². The molecule has 1 rings (SSSR count). The van der Waals surface area contributed by atoms with Gasteiger partial charge in [-0.1, -0.05) is 38.1 Å². The Morgan fingerprint density at radius 1 is 1.00 bits per heavy atom. The van der Waals surface area contributed by atoms with E-state index in [1.807, 2.05) is 0 Å². The van der Waals surface area contributed by atoms with Crippen molar-refractivity contribution in [3.63, 3.8) is 0 Å². The van der Waals surface area contributed by atoms with Crippen LogP contribution in [0.1, 0.15) is 37.3 Å². The summed E-state index contributed by atoms with van der Waals surface area (Å²) >= 11 is 0. The minimum Gasteiger partial charge on any atom is -0.396 e. The van der Waals surface area contributed by atoms with Gasteiger partial charge in [-0.3, -0.25) is 4.90 Å². The first-order chi connectivity index (χ1) is 8.67. The Balaban J connectivity index is 2.56. The number of hydrogen-bond acceptors (Lipinski definition) is 3. The quantitative estimate of drug-likeness (QED) is 0.742. The Morgan fingerprint density at radius 3 is 2.17 bits per heavy atom. The molecule has 0 fully saturated rings. The van der Waals surface area contributed by atoms with E-state index >= 15 is 0 Å². The van der Waals surface area contributed by atoms with Crippen LogP contribution in [-0.4, -0.2) is 41.4 Å². The molecule has 0 aromatic heterocycles. The second-order valence-corrected chi connectivity index (χ2v) is 4.97. The Bertz CT molecular complexity index is 322. The largest absolute Gasteiger partial charge is 0.396 e. The third kappa shape index (κ3) is 5.17. The summed E-state index contributed by atoms with van der Waals surface area (Å²) in [5, 5.41) is 17.9. The number of benzene rings is 1. The van der Waals surface area contributed by atoms with Crippen LogP contribution in [0.15, 0.2) is 24.3 Å². The predicted octanol–water partition coefficient (Wildman–Crippen LogP) is 1.99. The molecule has 0 aliphatic rings. The number of hydrogen-bond donors (Lipinski definition) is 2. The summed E-state index contributed by atoms with van der Waals surface area (Å²) in [5.74, 6) is 0.557. The van der Waals surface area contributed by atoms with Crippen molar-refractivity contribution in [2.24, 2.45) is 0 Å². The van der Waals surface area contributed by atoms with Gasteiger partial charge in [-0.15, -0.1) is 0 Å². The van der Waals surface area contributed by atoms with Gasteiger partial charge in [-0.25, -0.2) is 0 Å². The molecule has 3 nitrogen and oxygen atoms in total. The zero-order valence-electron chi connectivity index (χ0n) is 11.5. The molecule has 0 bridgehead atoms. The highest BCUT2D eigenvalue weighted by Crippen LogP contribution is 2.15. The van der Waals surface area contributed by atoms with Crippen LogP contribution in [0.2, 0.25) is 0 Å². The fourth-order valence-electron chi connectivity index (χ4n) is 1.97. The summed E-state index contributed by atoms with van der Waals surface area (Å²) in [6.45, 7) is 7.06. The standard InChI is InChI=1S/C15H25NO2/c1-13(2)15-6-4-14(5-7-15)12-16(9-11-18)8-3-10-17/h4-7,13,17-18H,3,8-12H2,1-2H3. The molecule has 2 N–H and O–H groups in total. The fourth-order valence-corrected chi connectivity index (χ4v) is 1.97. The molecule has 0 saturated carbocycles. The van der Waals surface area contributed by atoms with E-state index in [2.05, 4.69) is 43.0 Å². The molecule has 102 valence electrons. The zero-order valence-corrected chi connectivity index (χ0v) is 11.5. The SMILES string of the molecule is CC(C)c1ccc(CN(CCO)CCCO)cc1. The van der Waals surface area contributed by atoms with Crippen LogP contribution in [0.3, 0.4) is 0 Å². The van der Waals surface area contributed by atoms with Crippen molar-refractivity contribution < 1.29 is 10.2 Å². The van der Waals surface area contributed by atoms with Gasteiger partial charge in [0.1, 0.15) is 0 Å². The van der Waals surface area contributed by atoms with Crippen LogP contribution in [0.25, 0.3) is 0 Å². The molecule has 0 aliphatic heterocycles. The molecule has 3 heteroatoms. The Labute approximate surface area is 110 Å². The lowest BCUT2D eigenvalue weighted by atomic mass is 10.0. The Hall–Kier alpha value is -0.900. The topological polar surface area (TPSA) is 43.7 Å². The summed E-state index contributed by atoms with van der Waals surface area (Å²) in [4.78, 5) is 2.17. The van der Waals surface area contributed by atoms with Gasteiger partial charge in [-0.2, -0.15) is 0 Å². The maximum atomic E-state index is 9.03. The molecule has 18 heavy (non-hydrogen) atoms. The van der Waals surface area contributed by atoms with Gasteiger partial charge in [0.25, 0.3) is 0 Å². The number of nitrogens with zero attached hydrogens (tertiary/aromatic N) is 1. The van der Waals surface area contributed by atoms with Crippen LogP contribution in [0.5, 0.6) is 0 Å². The van der Waals surface area contributed by atoms with Crippen LogP contribution >= 0.6 is 0 Å². The highest BCUT2D eigenvalue weighted by atomic mass is 16.3. The third-order valence-electron chi connectivity index (χ3n) is 3.10. The lowest BCUT2D eigenvalue weighted by molar-refractivity contribution is 0.174. The average molecular weight is 251 g/mol. The molecule has 0 radical (unpaired) electrons. The highest BCUT2D eigenvalue weighted by Gasteiger charge is 2.05. The highest BCUT2D eigenvalue weighted by molar-refractivity contribution is 5.24. The van der Waals surface area contributed by atoms with Crippen molar-refractivity contribution in [3.05, 3.63) is 35.4 Å². The second-order valence-electron chi connectivity index (χ2n) is 4.97. The molecule has 1 aromatic rings. The normalized spacial score (nSPS) is 11.4. The molecule has 1 aromatic carbocycles. The van der Waals surface area contributed by atoms with Crippen molar-refractivity contribution in [2.75, 3.05) is 26.3 Å². The Morgan fingerprint density at radius 2 is 1.67 bits per heavy atom. The summed E-state index contributed by atoms with van der Waals surface area (Å²) in [6.07, 6.45) is 0.754. The summed E-state index contributed by atoms with van der Waals surface area (Å²) in [5.41, 5.74) is 2.61. The zero-order chi connectivity index (χ0) is 13.4. The molecular weight excluding hydrogens is 226 g/mol. The number of rotatable bonds is 8. The summed E-state index contributed by atoms with van der Waals surface area (Å²) < 4.78 is 0. The minimum atomic E-state index is 0.162. The second kappa shape index (κ2) is 8.25. The van der Waals surface area contributed by atoms with Crippen LogP contribution < -0.4 is 0 Å². The van der Waals surface area contributed by atoms with Gasteiger partial charge in [0, 0.05) is 26.2 Å². The molecule has 0 amide bonds. The van der Waals surface area contributed by atoms with E-state index in [4.69, 9.17) is 10.2 Å². The van der Waals surface area contributed by atoms with Crippen molar-refractivity contribution in [2.45, 2.75) is 32.7 Å². The van der Waals surface area contributed by atoms with Gasteiger partial charge >= 0.3 is 0 Å². The lowest BCUT2D eigenvalue weighted by Crippen LogP contribution is -2.28. The van der Waals surface area contributed by atoms with Gasteiger partial charge in [0.05, 0.1) is 6.61 Å². The van der Waals surface area contributed by atoms with Crippen molar-refractivity contribution in [1.82, 2.24) is 4.90 Å². The van der Waals surface area contributed by atoms with Crippen molar-refractivity contribution in [3.8, 4) is 0 Å². The lowest BCUT2D eigenvalue weighted by Gasteiger charge is -2.21. The molecular formula is C15H25NO2. The Kier molecular flexibility index (Phi) is 6.94. The van der Waals surface area contributed by atoms with E-state index in [9.17, 15) is 0 Å². The first-order valence-electron chi connectivity index (χ1n) is 6.70. The van der Waals surface area contributed by atoms with E-state index in [0.717, 1.165) is 19.5 Å². The predicted molar refractivity (Wildman–Crippen MR) is 74.6 cm³/mol. The maximum Gasteiger partial charge on any atom is 0.0558 e. The number of aliphatic hydroxyl groups excluding tert-OH is 2. The molecule has 0 spiro atoms. The maximum absolute atomic E-state index is 9.03. The first kappa shape index (κ1) is 15.2. The van der Waals surface area contributed by atoms with Crippen molar-refractivity contribution >= 4 is 0 Å². The van der Waals surface area contributed by atoms with E-state index in [-0.39, 0.29) is 13.2 Å². The molecule has 0 heterocycles. The molecule has 0 saturated heterocycles. The molecule has 0 atom stereocenters. The minimum absolute atomic E-state index is 0.162. The van der Waals surface area contributed by atoms with E-state index in [0.29, 0.717) is 12.5 Å². The monoisotopic (exact) mass is 251 g/mol. The average Bonchev–Trinajstić information content (AvgIpc) is 2.37. The van der Waals surface area contributed by atoms with Gasteiger partial charge in [0.15, 0.2) is 0 Å². The van der Waals surface area contributed by atoms with Crippen LogP contribution in [0, 0.1) is 0 Å². The van der Waals surface area contributed by atoms with E-state index in [1.165, 1.54) is 11.1 Å². The van der Waals surface area contributed by atoms with Crippen LogP contribution in [-0.2, 0) is 6.54 Å². The third-order valence-corrected chi connectivity index (χ3v) is 3.10. The van der Waals surface area contributed by atoms with E-state index in [1.54, 1.807) is 0 Å². The smallest absolute Gasteiger partial charge is 0.0558 e. The number of aliphatic hydroxyl groups is 2. The summed E-state index contributed by atoms with van der Waals surface area (Å²) in [6, 6.07) is 8.64. The summed E-state index contributed by atoms with van der Waals surface area (Å²) in [7, 11) is 0. The van der Waals surface area contributed by atoms with Gasteiger partial charge < -0.3 is 10.2 Å². The van der Waals surface area contributed by atoms with Crippen molar-refractivity contribution in [1.29, 1.82) is 0 Å². The fraction of sp³-hybridized carbons (Fsp3) is 0.600. The van der Waals surface area contributed by atoms with Crippen LogP contribution in [0.4, 0.5) is 0 Å². The van der Waals surface area contributed by atoms with Gasteiger partial charge in [-0.05, 0) is 23.5 Å². The van der Waals surface area contributed by atoms with Gasteiger partial charge in [0.2, 0.25) is 0 Å².